The SMILES string of the molecule is CN1C[C@]23CCCCC2[C@H]1Cc1ccc(O)cc13. The minimum Gasteiger partial charge on any atom is -0.508 e. The van der Waals surface area contributed by atoms with E-state index in [9.17, 15) is 5.11 Å². The second kappa shape index (κ2) is 3.51. The Balaban J connectivity index is 1.92. The molecule has 1 N–H and O–H groups in total. The molecule has 18 heavy (non-hydrogen) atoms. The van der Waals surface area contributed by atoms with Gasteiger partial charge in [-0.3, -0.25) is 0 Å². The van der Waals surface area contributed by atoms with Crippen LogP contribution in [0.5, 0.6) is 5.75 Å². The molecule has 2 bridgehead atoms. The van der Waals surface area contributed by atoms with Gasteiger partial charge >= 0.3 is 0 Å². The summed E-state index contributed by atoms with van der Waals surface area (Å²) in [5.41, 5.74) is 3.30. The molecule has 0 aromatic heterocycles. The lowest BCUT2D eigenvalue weighted by atomic mass is 9.58. The van der Waals surface area contributed by atoms with Crippen molar-refractivity contribution in [2.75, 3.05) is 13.6 Å². The van der Waals surface area contributed by atoms with Crippen LogP contribution in [0.15, 0.2) is 18.2 Å². The molecule has 2 aliphatic carbocycles. The number of likely N-dealkylation sites (N-methyl/N-ethyl adjacent to an activating group) is 1. The van der Waals surface area contributed by atoms with E-state index in [0.717, 1.165) is 12.0 Å². The Morgan fingerprint density at radius 2 is 2.22 bits per heavy atom. The van der Waals surface area contributed by atoms with Crippen LogP contribution in [0.3, 0.4) is 0 Å². The zero-order chi connectivity index (χ0) is 12.3. The highest BCUT2D eigenvalue weighted by Crippen LogP contribution is 2.56. The predicted octanol–water partition coefficient (Wildman–Crippen LogP) is 2.69. The van der Waals surface area contributed by atoms with E-state index in [4.69, 9.17) is 0 Å². The lowest BCUT2D eigenvalue weighted by Gasteiger charge is -2.45. The van der Waals surface area contributed by atoms with Gasteiger partial charge in [0.2, 0.25) is 0 Å². The molecule has 1 saturated carbocycles. The second-order valence-corrected chi connectivity index (χ2v) is 6.54. The molecular weight excluding hydrogens is 222 g/mol. The van der Waals surface area contributed by atoms with E-state index in [1.54, 1.807) is 0 Å². The third-order valence-electron chi connectivity index (χ3n) is 5.72. The summed E-state index contributed by atoms with van der Waals surface area (Å²) in [6, 6.07) is 6.81. The van der Waals surface area contributed by atoms with Crippen molar-refractivity contribution < 1.29 is 5.11 Å². The van der Waals surface area contributed by atoms with Crippen LogP contribution >= 0.6 is 0 Å². The van der Waals surface area contributed by atoms with Crippen LogP contribution in [0.4, 0.5) is 0 Å². The Labute approximate surface area is 109 Å². The highest BCUT2D eigenvalue weighted by Gasteiger charge is 2.56. The maximum atomic E-state index is 9.85. The summed E-state index contributed by atoms with van der Waals surface area (Å²) in [7, 11) is 2.29. The molecule has 4 rings (SSSR count). The van der Waals surface area contributed by atoms with Gasteiger partial charge in [0, 0.05) is 18.0 Å². The number of benzene rings is 1. The molecule has 2 nitrogen and oxygen atoms in total. The van der Waals surface area contributed by atoms with Gasteiger partial charge in [-0.15, -0.1) is 0 Å². The van der Waals surface area contributed by atoms with E-state index < -0.39 is 0 Å². The first kappa shape index (κ1) is 10.9. The monoisotopic (exact) mass is 243 g/mol. The van der Waals surface area contributed by atoms with Crippen LogP contribution in [0.1, 0.15) is 36.8 Å². The lowest BCUT2D eigenvalue weighted by Crippen LogP contribution is -2.44. The molecule has 1 unspecified atom stereocenters. The van der Waals surface area contributed by atoms with E-state index in [0.29, 0.717) is 11.2 Å². The average molecular weight is 243 g/mol. The first-order chi connectivity index (χ1) is 8.71. The van der Waals surface area contributed by atoms with Gasteiger partial charge in [0.1, 0.15) is 5.75 Å². The molecule has 0 radical (unpaired) electrons. The van der Waals surface area contributed by atoms with Crippen LogP contribution in [0.25, 0.3) is 0 Å². The molecule has 3 aliphatic rings. The number of hydrogen-bond acceptors (Lipinski definition) is 2. The number of nitrogens with zero attached hydrogens (tertiary/aromatic N) is 1. The van der Waals surface area contributed by atoms with Crippen molar-refractivity contribution in [1.82, 2.24) is 4.90 Å². The van der Waals surface area contributed by atoms with Crippen LogP contribution < -0.4 is 0 Å². The van der Waals surface area contributed by atoms with Crippen molar-refractivity contribution in [3.63, 3.8) is 0 Å². The molecule has 96 valence electrons. The average Bonchev–Trinajstić information content (AvgIpc) is 2.59. The van der Waals surface area contributed by atoms with Crippen molar-refractivity contribution in [2.24, 2.45) is 5.92 Å². The number of phenolic OH excluding ortho intramolecular Hbond substituents is 1. The molecule has 0 spiro atoms. The third-order valence-corrected chi connectivity index (χ3v) is 5.72. The van der Waals surface area contributed by atoms with Gasteiger partial charge in [-0.2, -0.15) is 0 Å². The molecule has 0 amide bonds. The summed E-state index contributed by atoms with van der Waals surface area (Å²) >= 11 is 0. The smallest absolute Gasteiger partial charge is 0.115 e. The van der Waals surface area contributed by atoms with Crippen LogP contribution in [-0.2, 0) is 11.8 Å². The maximum Gasteiger partial charge on any atom is 0.115 e. The highest BCUT2D eigenvalue weighted by molar-refractivity contribution is 5.46. The molecular formula is C16H21NO. The van der Waals surface area contributed by atoms with Crippen molar-refractivity contribution in [3.05, 3.63) is 29.3 Å². The number of rotatable bonds is 0. The number of hydrogen-bond donors (Lipinski definition) is 1. The zero-order valence-corrected chi connectivity index (χ0v) is 11.0. The summed E-state index contributed by atoms with van der Waals surface area (Å²) < 4.78 is 0. The second-order valence-electron chi connectivity index (χ2n) is 6.54. The Bertz CT molecular complexity index is 498. The van der Waals surface area contributed by atoms with Crippen molar-refractivity contribution in [3.8, 4) is 5.75 Å². The molecule has 1 saturated heterocycles. The van der Waals surface area contributed by atoms with E-state index in [-0.39, 0.29) is 0 Å². The van der Waals surface area contributed by atoms with E-state index >= 15 is 0 Å². The van der Waals surface area contributed by atoms with Gasteiger partial charge in [0.25, 0.3) is 0 Å². The summed E-state index contributed by atoms with van der Waals surface area (Å²) in [4.78, 5) is 2.58. The van der Waals surface area contributed by atoms with E-state index in [1.165, 1.54) is 49.8 Å². The van der Waals surface area contributed by atoms with Crippen molar-refractivity contribution in [1.29, 1.82) is 0 Å². The molecule has 1 heterocycles. The molecule has 2 heteroatoms. The summed E-state index contributed by atoms with van der Waals surface area (Å²) in [5, 5.41) is 9.85. The topological polar surface area (TPSA) is 23.5 Å². The molecule has 1 aromatic carbocycles. The lowest BCUT2D eigenvalue weighted by molar-refractivity contribution is 0.191. The first-order valence-electron chi connectivity index (χ1n) is 7.23. The Morgan fingerprint density at radius 1 is 1.33 bits per heavy atom. The Hall–Kier alpha value is -1.02. The third kappa shape index (κ3) is 1.22. The zero-order valence-electron chi connectivity index (χ0n) is 11.0. The number of fused-ring (bicyclic) bond motifs is 1. The highest BCUT2D eigenvalue weighted by atomic mass is 16.3. The van der Waals surface area contributed by atoms with Gasteiger partial charge in [-0.25, -0.2) is 0 Å². The number of likely N-dealkylation sites (tertiary alicyclic amines) is 1. The Kier molecular flexibility index (Phi) is 2.12. The molecule has 2 fully saturated rings. The minimum absolute atomic E-state index is 0.351. The fourth-order valence-corrected chi connectivity index (χ4v) is 5.04. The van der Waals surface area contributed by atoms with Gasteiger partial charge in [0.05, 0.1) is 0 Å². The predicted molar refractivity (Wildman–Crippen MR) is 71.9 cm³/mol. The van der Waals surface area contributed by atoms with Crippen LogP contribution in [0, 0.1) is 5.92 Å². The van der Waals surface area contributed by atoms with Crippen molar-refractivity contribution >= 4 is 0 Å². The van der Waals surface area contributed by atoms with Gasteiger partial charge in [0.15, 0.2) is 0 Å². The van der Waals surface area contributed by atoms with Crippen molar-refractivity contribution in [2.45, 2.75) is 43.6 Å². The molecule has 1 aliphatic heterocycles. The fraction of sp³-hybridized carbons (Fsp3) is 0.625. The first-order valence-corrected chi connectivity index (χ1v) is 7.23. The largest absolute Gasteiger partial charge is 0.508 e. The Morgan fingerprint density at radius 3 is 3.11 bits per heavy atom. The fourth-order valence-electron chi connectivity index (χ4n) is 5.04. The molecule has 3 atom stereocenters. The van der Waals surface area contributed by atoms with Gasteiger partial charge in [-0.1, -0.05) is 18.9 Å². The van der Waals surface area contributed by atoms with Gasteiger partial charge in [-0.05, 0) is 55.5 Å². The number of phenols is 1. The van der Waals surface area contributed by atoms with Crippen LogP contribution in [-0.4, -0.2) is 29.6 Å². The standard InChI is InChI=1S/C16H21NO/c1-17-10-16-7-3-2-4-13(16)15(17)8-11-5-6-12(18)9-14(11)16/h5-6,9,13,15,18H,2-4,7-8,10H2,1H3/t13?,15-,16-/m1/s1. The van der Waals surface area contributed by atoms with Crippen LogP contribution in [0.2, 0.25) is 0 Å². The number of aromatic hydroxyl groups is 1. The molecule has 1 aromatic rings. The van der Waals surface area contributed by atoms with E-state index in [2.05, 4.69) is 24.1 Å². The van der Waals surface area contributed by atoms with Gasteiger partial charge < -0.3 is 10.0 Å². The summed E-state index contributed by atoms with van der Waals surface area (Å²) in [6.45, 7) is 1.19. The van der Waals surface area contributed by atoms with E-state index in [1.807, 2.05) is 6.07 Å². The quantitative estimate of drug-likeness (QED) is 0.757. The summed E-state index contributed by atoms with van der Waals surface area (Å²) in [6.07, 6.45) is 6.62. The summed E-state index contributed by atoms with van der Waals surface area (Å²) in [5.74, 6) is 1.27. The minimum atomic E-state index is 0.351. The normalized spacial score (nSPS) is 38.3. The maximum absolute atomic E-state index is 9.85.